The first-order chi connectivity index (χ1) is 8.33. The van der Waals surface area contributed by atoms with E-state index in [9.17, 15) is 4.79 Å². The Balaban J connectivity index is 1.72. The molecule has 0 fully saturated rings. The number of aromatic nitrogens is 1. The Bertz CT molecular complexity index is 541. The molecule has 1 aliphatic rings. The molecule has 0 radical (unpaired) electrons. The average Bonchev–Trinajstić information content (AvgIpc) is 2.90. The molecule has 1 atom stereocenters. The molecule has 0 aromatic carbocycles. The van der Waals surface area contributed by atoms with E-state index in [1.165, 1.54) is 0 Å². The van der Waals surface area contributed by atoms with Crippen LogP contribution in [0.3, 0.4) is 0 Å². The third-order valence-electron chi connectivity index (χ3n) is 2.89. The molecule has 0 saturated heterocycles. The minimum atomic E-state index is 0.107. The summed E-state index contributed by atoms with van der Waals surface area (Å²) < 4.78 is 1.15. The lowest BCUT2D eigenvalue weighted by Gasteiger charge is -2.15. The van der Waals surface area contributed by atoms with Crippen molar-refractivity contribution in [1.29, 1.82) is 0 Å². The van der Waals surface area contributed by atoms with E-state index in [0.29, 0.717) is 0 Å². The van der Waals surface area contributed by atoms with Crippen molar-refractivity contribution in [2.45, 2.75) is 19.3 Å². The van der Waals surface area contributed by atoms with E-state index < -0.39 is 0 Å². The van der Waals surface area contributed by atoms with Crippen LogP contribution in [0.2, 0.25) is 0 Å². The van der Waals surface area contributed by atoms with Crippen LogP contribution in [0, 0.1) is 5.92 Å². The SMILES string of the molecule is O=C(Nc1nc2sccc2s1)C1CC=CCC1. The fourth-order valence-corrected chi connectivity index (χ4v) is 3.80. The van der Waals surface area contributed by atoms with Crippen molar-refractivity contribution in [2.24, 2.45) is 5.92 Å². The van der Waals surface area contributed by atoms with Crippen LogP contribution in [-0.2, 0) is 4.79 Å². The maximum absolute atomic E-state index is 12.0. The van der Waals surface area contributed by atoms with Crippen LogP contribution in [0.1, 0.15) is 19.3 Å². The molecule has 2 aromatic rings. The molecular formula is C12H12N2OS2. The Hall–Kier alpha value is -1.20. The predicted octanol–water partition coefficient (Wildman–Crippen LogP) is 3.65. The van der Waals surface area contributed by atoms with E-state index in [0.717, 1.165) is 33.9 Å². The van der Waals surface area contributed by atoms with Crippen LogP contribution in [-0.4, -0.2) is 10.9 Å². The van der Waals surface area contributed by atoms with Gasteiger partial charge < -0.3 is 5.32 Å². The van der Waals surface area contributed by atoms with Gasteiger partial charge in [-0.15, -0.1) is 11.3 Å². The number of thiophene rings is 1. The van der Waals surface area contributed by atoms with Gasteiger partial charge >= 0.3 is 0 Å². The maximum atomic E-state index is 12.0. The number of thiazole rings is 1. The molecule has 5 heteroatoms. The van der Waals surface area contributed by atoms with E-state index in [1.54, 1.807) is 22.7 Å². The van der Waals surface area contributed by atoms with Crippen LogP contribution >= 0.6 is 22.7 Å². The summed E-state index contributed by atoms with van der Waals surface area (Å²) in [6.45, 7) is 0. The minimum absolute atomic E-state index is 0.107. The number of fused-ring (bicyclic) bond motifs is 1. The normalized spacial score (nSPS) is 19.6. The van der Waals surface area contributed by atoms with Crippen LogP contribution in [0.4, 0.5) is 5.13 Å². The highest BCUT2D eigenvalue weighted by Crippen LogP contribution is 2.30. The molecule has 1 aliphatic carbocycles. The van der Waals surface area contributed by atoms with Gasteiger partial charge in [0.1, 0.15) is 4.83 Å². The Kier molecular flexibility index (Phi) is 2.94. The Labute approximate surface area is 107 Å². The second-order valence-electron chi connectivity index (χ2n) is 4.08. The quantitative estimate of drug-likeness (QED) is 0.841. The largest absolute Gasteiger partial charge is 0.302 e. The van der Waals surface area contributed by atoms with Gasteiger partial charge in [-0.05, 0) is 30.7 Å². The van der Waals surface area contributed by atoms with Crippen molar-refractivity contribution in [2.75, 3.05) is 5.32 Å². The number of allylic oxidation sites excluding steroid dienone is 2. The summed E-state index contributed by atoms with van der Waals surface area (Å²) in [7, 11) is 0. The van der Waals surface area contributed by atoms with Crippen LogP contribution in [0.5, 0.6) is 0 Å². The molecular weight excluding hydrogens is 252 g/mol. The predicted molar refractivity (Wildman–Crippen MR) is 72.6 cm³/mol. The first-order valence-corrected chi connectivity index (χ1v) is 7.32. The molecule has 0 aliphatic heterocycles. The van der Waals surface area contributed by atoms with Crippen LogP contribution < -0.4 is 5.32 Å². The molecule has 1 unspecified atom stereocenters. The number of hydrogen-bond donors (Lipinski definition) is 1. The molecule has 2 aromatic heterocycles. The zero-order chi connectivity index (χ0) is 11.7. The first kappa shape index (κ1) is 10.9. The number of nitrogens with one attached hydrogen (secondary N) is 1. The van der Waals surface area contributed by atoms with Gasteiger partial charge in [0, 0.05) is 5.92 Å². The summed E-state index contributed by atoms with van der Waals surface area (Å²) in [5.41, 5.74) is 0. The number of rotatable bonds is 2. The van der Waals surface area contributed by atoms with Crippen LogP contribution in [0.25, 0.3) is 9.53 Å². The summed E-state index contributed by atoms with van der Waals surface area (Å²) in [4.78, 5) is 17.4. The Morgan fingerprint density at radius 2 is 2.41 bits per heavy atom. The third kappa shape index (κ3) is 2.25. The molecule has 1 N–H and O–H groups in total. The molecule has 3 nitrogen and oxygen atoms in total. The summed E-state index contributed by atoms with van der Waals surface area (Å²) >= 11 is 3.15. The van der Waals surface area contributed by atoms with Gasteiger partial charge in [-0.3, -0.25) is 4.79 Å². The number of carbonyl (C=O) groups excluding carboxylic acids is 1. The fraction of sp³-hybridized carbons (Fsp3) is 0.333. The molecule has 17 heavy (non-hydrogen) atoms. The minimum Gasteiger partial charge on any atom is -0.302 e. The van der Waals surface area contributed by atoms with Gasteiger partial charge in [-0.25, -0.2) is 4.98 Å². The van der Waals surface area contributed by atoms with Gasteiger partial charge in [-0.2, -0.15) is 0 Å². The summed E-state index contributed by atoms with van der Waals surface area (Å²) in [5, 5.41) is 5.68. The third-order valence-corrected chi connectivity index (χ3v) is 4.76. The lowest BCUT2D eigenvalue weighted by atomic mass is 9.94. The monoisotopic (exact) mass is 264 g/mol. The molecule has 3 rings (SSSR count). The van der Waals surface area contributed by atoms with Crippen LogP contribution in [0.15, 0.2) is 23.6 Å². The molecule has 0 bridgehead atoms. The van der Waals surface area contributed by atoms with Gasteiger partial charge in [-0.1, -0.05) is 23.5 Å². The van der Waals surface area contributed by atoms with Crippen molar-refractivity contribution in [3.8, 4) is 0 Å². The molecule has 0 saturated carbocycles. The van der Waals surface area contributed by atoms with E-state index in [2.05, 4.69) is 22.5 Å². The fourth-order valence-electron chi connectivity index (χ4n) is 1.96. The second-order valence-corrected chi connectivity index (χ2v) is 6.00. The number of carbonyl (C=O) groups is 1. The standard InChI is InChI=1S/C12H12N2OS2/c15-10(8-4-2-1-3-5-8)13-12-14-11-9(17-12)6-7-16-11/h1-2,6-8H,3-5H2,(H,13,14,15). The summed E-state index contributed by atoms with van der Waals surface area (Å²) in [6.07, 6.45) is 7.04. The van der Waals surface area contributed by atoms with Crippen molar-refractivity contribution >= 4 is 43.2 Å². The number of anilines is 1. The smallest absolute Gasteiger partial charge is 0.229 e. The van der Waals surface area contributed by atoms with Gasteiger partial charge in [0.15, 0.2) is 5.13 Å². The lowest BCUT2D eigenvalue weighted by molar-refractivity contribution is -0.120. The molecule has 2 heterocycles. The summed E-state index contributed by atoms with van der Waals surface area (Å²) in [6, 6.07) is 2.04. The maximum Gasteiger partial charge on any atom is 0.229 e. The number of amides is 1. The summed E-state index contributed by atoms with van der Waals surface area (Å²) in [5.74, 6) is 0.220. The zero-order valence-electron chi connectivity index (χ0n) is 9.18. The van der Waals surface area contributed by atoms with Crippen molar-refractivity contribution in [3.05, 3.63) is 23.6 Å². The molecule has 88 valence electrons. The topological polar surface area (TPSA) is 42.0 Å². The highest BCUT2D eigenvalue weighted by atomic mass is 32.1. The van der Waals surface area contributed by atoms with Gasteiger partial charge in [0.05, 0.1) is 4.70 Å². The Morgan fingerprint density at radius 3 is 3.18 bits per heavy atom. The van der Waals surface area contributed by atoms with E-state index in [-0.39, 0.29) is 11.8 Å². The van der Waals surface area contributed by atoms with Crippen molar-refractivity contribution < 1.29 is 4.79 Å². The van der Waals surface area contributed by atoms with E-state index >= 15 is 0 Å². The van der Waals surface area contributed by atoms with Gasteiger partial charge in [0.25, 0.3) is 0 Å². The molecule has 1 amide bonds. The average molecular weight is 264 g/mol. The Morgan fingerprint density at radius 1 is 1.47 bits per heavy atom. The highest BCUT2D eigenvalue weighted by molar-refractivity contribution is 7.28. The molecule has 0 spiro atoms. The number of nitrogens with zero attached hydrogens (tertiary/aromatic N) is 1. The highest BCUT2D eigenvalue weighted by Gasteiger charge is 2.19. The van der Waals surface area contributed by atoms with Crippen molar-refractivity contribution in [3.63, 3.8) is 0 Å². The second kappa shape index (κ2) is 4.58. The van der Waals surface area contributed by atoms with E-state index in [4.69, 9.17) is 0 Å². The first-order valence-electron chi connectivity index (χ1n) is 5.63. The lowest BCUT2D eigenvalue weighted by Crippen LogP contribution is -2.23. The van der Waals surface area contributed by atoms with E-state index in [1.807, 2.05) is 11.4 Å². The van der Waals surface area contributed by atoms with Crippen molar-refractivity contribution in [1.82, 2.24) is 4.98 Å². The van der Waals surface area contributed by atoms with Gasteiger partial charge in [0.2, 0.25) is 5.91 Å². The zero-order valence-corrected chi connectivity index (χ0v) is 10.8. The number of hydrogen-bond acceptors (Lipinski definition) is 4.